The summed E-state index contributed by atoms with van der Waals surface area (Å²) < 4.78 is 5.34. The lowest BCUT2D eigenvalue weighted by atomic mass is 10.0. The molecule has 0 bridgehead atoms. The molecule has 0 spiro atoms. The summed E-state index contributed by atoms with van der Waals surface area (Å²) in [6.07, 6.45) is 0.841. The van der Waals surface area contributed by atoms with E-state index in [9.17, 15) is 4.79 Å². The van der Waals surface area contributed by atoms with Gasteiger partial charge in [0.2, 0.25) is 5.91 Å². The van der Waals surface area contributed by atoms with Gasteiger partial charge in [0.15, 0.2) is 0 Å². The van der Waals surface area contributed by atoms with Crippen LogP contribution < -0.4 is 5.32 Å². The van der Waals surface area contributed by atoms with Crippen LogP contribution in [0.25, 0.3) is 0 Å². The first-order valence-corrected chi connectivity index (χ1v) is 5.39. The minimum Gasteiger partial charge on any atom is -0.376 e. The summed E-state index contributed by atoms with van der Waals surface area (Å²) in [7, 11) is 0. The molecule has 1 aliphatic rings. The van der Waals surface area contributed by atoms with E-state index >= 15 is 0 Å². The van der Waals surface area contributed by atoms with Crippen molar-refractivity contribution in [3.8, 4) is 0 Å². The fourth-order valence-corrected chi connectivity index (χ4v) is 1.79. The highest BCUT2D eigenvalue weighted by molar-refractivity contribution is 6.29. The van der Waals surface area contributed by atoms with Gasteiger partial charge in [-0.3, -0.25) is 4.79 Å². The van der Waals surface area contributed by atoms with E-state index in [4.69, 9.17) is 16.3 Å². The van der Waals surface area contributed by atoms with Crippen LogP contribution in [0.3, 0.4) is 0 Å². The van der Waals surface area contributed by atoms with Crippen LogP contribution in [-0.2, 0) is 22.6 Å². The van der Waals surface area contributed by atoms with Gasteiger partial charge in [-0.1, -0.05) is 12.1 Å². The molecular weight excluding hydrogens is 214 g/mol. The van der Waals surface area contributed by atoms with E-state index in [0.717, 1.165) is 17.7 Å². The molecule has 1 aromatic carbocycles. The van der Waals surface area contributed by atoms with E-state index in [1.54, 1.807) is 0 Å². The lowest BCUT2D eigenvalue weighted by molar-refractivity contribution is -0.113. The molecule has 1 N–H and O–H groups in total. The number of hydrogen-bond donors (Lipinski definition) is 1. The number of fused-ring (bicyclic) bond motifs is 1. The average Bonchev–Trinajstić information content (AvgIpc) is 2.29. The summed E-state index contributed by atoms with van der Waals surface area (Å²) in [5.41, 5.74) is 3.18. The zero-order valence-electron chi connectivity index (χ0n) is 8.25. The number of carbonyl (C=O) groups excluding carboxylic acids is 1. The van der Waals surface area contributed by atoms with Crippen molar-refractivity contribution in [2.24, 2.45) is 0 Å². The Morgan fingerprint density at radius 2 is 2.40 bits per heavy atom. The van der Waals surface area contributed by atoms with Crippen molar-refractivity contribution in [1.29, 1.82) is 0 Å². The van der Waals surface area contributed by atoms with Crippen LogP contribution in [0.15, 0.2) is 18.2 Å². The van der Waals surface area contributed by atoms with Crippen molar-refractivity contribution >= 4 is 23.2 Å². The zero-order valence-corrected chi connectivity index (χ0v) is 9.01. The molecule has 3 nitrogen and oxygen atoms in total. The highest BCUT2D eigenvalue weighted by atomic mass is 35.5. The molecule has 0 radical (unpaired) electrons. The molecule has 1 aromatic rings. The number of alkyl halides is 1. The minimum absolute atomic E-state index is 0.0137. The number of hydrogen-bond acceptors (Lipinski definition) is 2. The lowest BCUT2D eigenvalue weighted by Gasteiger charge is -2.19. The molecule has 0 aromatic heterocycles. The molecule has 1 heterocycles. The lowest BCUT2D eigenvalue weighted by Crippen LogP contribution is -2.17. The summed E-state index contributed by atoms with van der Waals surface area (Å²) in [6, 6.07) is 5.83. The van der Waals surface area contributed by atoms with Crippen LogP contribution in [0, 0.1) is 0 Å². The number of anilines is 1. The molecule has 15 heavy (non-hydrogen) atoms. The Bertz CT molecular complexity index is 379. The molecule has 2 rings (SSSR count). The van der Waals surface area contributed by atoms with Crippen molar-refractivity contribution in [1.82, 2.24) is 0 Å². The molecule has 1 aliphatic heterocycles. The van der Waals surface area contributed by atoms with Crippen molar-refractivity contribution in [3.63, 3.8) is 0 Å². The summed E-state index contributed by atoms with van der Waals surface area (Å²) in [5, 5.41) is 2.79. The third kappa shape index (κ3) is 2.30. The van der Waals surface area contributed by atoms with E-state index in [2.05, 4.69) is 5.32 Å². The molecule has 1 amide bonds. The quantitative estimate of drug-likeness (QED) is 0.782. The smallest absolute Gasteiger partial charge is 0.239 e. The number of carbonyl (C=O) groups is 1. The largest absolute Gasteiger partial charge is 0.376 e. The second-order valence-electron chi connectivity index (χ2n) is 3.43. The van der Waals surface area contributed by atoms with Crippen LogP contribution in [0.5, 0.6) is 0 Å². The standard InChI is InChI=1S/C11H12ClNO2/c12-6-11(14)13-10-3-1-2-8-7-15-5-4-9(8)10/h1-3H,4-7H2,(H,13,14). The topological polar surface area (TPSA) is 38.3 Å². The summed E-state index contributed by atoms with van der Waals surface area (Å²) in [4.78, 5) is 11.2. The Kier molecular flexibility index (Phi) is 3.23. The molecule has 0 saturated heterocycles. The molecule has 0 unspecified atom stereocenters. The Morgan fingerprint density at radius 1 is 1.53 bits per heavy atom. The van der Waals surface area contributed by atoms with Gasteiger partial charge in [0.1, 0.15) is 5.88 Å². The summed E-state index contributed by atoms with van der Waals surface area (Å²) in [5.74, 6) is -0.184. The van der Waals surface area contributed by atoms with Crippen LogP contribution in [-0.4, -0.2) is 18.4 Å². The van der Waals surface area contributed by atoms with Crippen LogP contribution in [0.2, 0.25) is 0 Å². The van der Waals surface area contributed by atoms with Crippen LogP contribution in [0.1, 0.15) is 11.1 Å². The fourth-order valence-electron chi connectivity index (χ4n) is 1.72. The molecular formula is C11H12ClNO2. The third-order valence-corrected chi connectivity index (χ3v) is 2.67. The second-order valence-corrected chi connectivity index (χ2v) is 3.69. The first kappa shape index (κ1) is 10.5. The number of benzene rings is 1. The predicted octanol–water partition coefficient (Wildman–Crippen LogP) is 1.94. The van der Waals surface area contributed by atoms with Gasteiger partial charge in [-0.2, -0.15) is 0 Å². The Morgan fingerprint density at radius 3 is 3.20 bits per heavy atom. The van der Waals surface area contributed by atoms with Gasteiger partial charge < -0.3 is 10.1 Å². The molecule has 0 aliphatic carbocycles. The van der Waals surface area contributed by atoms with Crippen LogP contribution >= 0.6 is 11.6 Å². The number of amides is 1. The van der Waals surface area contributed by atoms with Crippen molar-refractivity contribution in [2.75, 3.05) is 17.8 Å². The van der Waals surface area contributed by atoms with Gasteiger partial charge in [0, 0.05) is 5.69 Å². The van der Waals surface area contributed by atoms with Crippen molar-refractivity contribution < 1.29 is 9.53 Å². The van der Waals surface area contributed by atoms with E-state index in [0.29, 0.717) is 13.2 Å². The van der Waals surface area contributed by atoms with Gasteiger partial charge >= 0.3 is 0 Å². The normalized spacial score (nSPS) is 14.5. The van der Waals surface area contributed by atoms with E-state index < -0.39 is 0 Å². The zero-order chi connectivity index (χ0) is 10.7. The van der Waals surface area contributed by atoms with Gasteiger partial charge in [0.25, 0.3) is 0 Å². The highest BCUT2D eigenvalue weighted by Crippen LogP contribution is 2.24. The number of ether oxygens (including phenoxy) is 1. The van der Waals surface area contributed by atoms with Crippen molar-refractivity contribution in [3.05, 3.63) is 29.3 Å². The Labute approximate surface area is 93.4 Å². The third-order valence-electron chi connectivity index (χ3n) is 2.42. The Hall–Kier alpha value is -1.06. The first-order valence-electron chi connectivity index (χ1n) is 4.85. The molecule has 0 atom stereocenters. The predicted molar refractivity (Wildman–Crippen MR) is 59.2 cm³/mol. The van der Waals surface area contributed by atoms with E-state index in [1.165, 1.54) is 5.56 Å². The van der Waals surface area contributed by atoms with Crippen LogP contribution in [0.4, 0.5) is 5.69 Å². The molecule has 80 valence electrons. The Balaban J connectivity index is 2.27. The van der Waals surface area contributed by atoms with Gasteiger partial charge in [-0.25, -0.2) is 0 Å². The maximum atomic E-state index is 11.2. The summed E-state index contributed by atoms with van der Waals surface area (Å²) >= 11 is 5.45. The fraction of sp³-hybridized carbons (Fsp3) is 0.364. The number of rotatable bonds is 2. The first-order chi connectivity index (χ1) is 7.31. The number of halogens is 1. The molecule has 0 saturated carbocycles. The summed E-state index contributed by atoms with van der Waals surface area (Å²) in [6.45, 7) is 1.33. The van der Waals surface area contributed by atoms with Crippen molar-refractivity contribution in [2.45, 2.75) is 13.0 Å². The highest BCUT2D eigenvalue weighted by Gasteiger charge is 2.14. The SMILES string of the molecule is O=C(CCl)Nc1cccc2c1CCOC2. The molecule has 4 heteroatoms. The van der Waals surface area contributed by atoms with Gasteiger partial charge in [-0.05, 0) is 23.6 Å². The minimum atomic E-state index is -0.170. The second kappa shape index (κ2) is 4.64. The molecule has 0 fully saturated rings. The maximum Gasteiger partial charge on any atom is 0.239 e. The van der Waals surface area contributed by atoms with Gasteiger partial charge in [-0.15, -0.1) is 11.6 Å². The number of nitrogens with one attached hydrogen (secondary N) is 1. The van der Waals surface area contributed by atoms with E-state index in [1.807, 2.05) is 18.2 Å². The average molecular weight is 226 g/mol. The van der Waals surface area contributed by atoms with Gasteiger partial charge in [0.05, 0.1) is 13.2 Å². The van der Waals surface area contributed by atoms with E-state index in [-0.39, 0.29) is 11.8 Å². The maximum absolute atomic E-state index is 11.2. The monoisotopic (exact) mass is 225 g/mol.